The Balaban J connectivity index is 1.25. The summed E-state index contributed by atoms with van der Waals surface area (Å²) in [5.41, 5.74) is 4.68. The highest BCUT2D eigenvalue weighted by atomic mass is 16.6. The second-order valence-electron chi connectivity index (χ2n) is 12.8. The molecular formula is C31H45NO4. The van der Waals surface area contributed by atoms with Crippen LogP contribution < -0.4 is 10.1 Å². The van der Waals surface area contributed by atoms with E-state index in [0.717, 1.165) is 51.0 Å². The number of benzene rings is 1. The standard InChI is InChI=1S/C31H45NO4/c1-21-7-6-12-30(4)18-27-24(17-26(21)30)25(28(33)36-27)19-32-15-13-31(14-16-35-29(2,3)20-31)22-8-10-23(34-5)11-9-22/h8-11,24-25,27,32H,6-7,12-20H2,1-5H3/t24-,25-,27+,30+,31-/m0/s1. The summed E-state index contributed by atoms with van der Waals surface area (Å²) in [4.78, 5) is 13.0. The van der Waals surface area contributed by atoms with E-state index >= 15 is 0 Å². The molecule has 0 unspecified atom stereocenters. The molecule has 5 atom stereocenters. The van der Waals surface area contributed by atoms with Crippen LogP contribution in [0.1, 0.15) is 84.6 Å². The fraction of sp³-hybridized carbons (Fsp3) is 0.710. The molecule has 2 aliphatic heterocycles. The Bertz CT molecular complexity index is 998. The number of methoxy groups -OCH3 is 1. The fourth-order valence-electron chi connectivity index (χ4n) is 7.96. The van der Waals surface area contributed by atoms with Gasteiger partial charge in [0.15, 0.2) is 0 Å². The summed E-state index contributed by atoms with van der Waals surface area (Å²) >= 11 is 0. The third-order valence-electron chi connectivity index (χ3n) is 9.86. The molecule has 0 bridgehead atoms. The van der Waals surface area contributed by atoms with Crippen molar-refractivity contribution >= 4 is 5.97 Å². The van der Waals surface area contributed by atoms with Crippen molar-refractivity contribution < 1.29 is 19.0 Å². The second-order valence-corrected chi connectivity index (χ2v) is 12.8. The van der Waals surface area contributed by atoms with E-state index in [1.54, 1.807) is 18.3 Å². The second kappa shape index (κ2) is 9.79. The van der Waals surface area contributed by atoms with E-state index in [9.17, 15) is 4.79 Å². The van der Waals surface area contributed by atoms with Gasteiger partial charge in [0.2, 0.25) is 0 Å². The largest absolute Gasteiger partial charge is 0.497 e. The van der Waals surface area contributed by atoms with Crippen molar-refractivity contribution in [2.24, 2.45) is 17.3 Å². The average molecular weight is 496 g/mol. The van der Waals surface area contributed by atoms with Crippen molar-refractivity contribution in [3.05, 3.63) is 41.0 Å². The van der Waals surface area contributed by atoms with Gasteiger partial charge < -0.3 is 19.5 Å². The molecule has 0 spiro atoms. The number of rotatable bonds is 7. The molecule has 36 heavy (non-hydrogen) atoms. The first-order valence-electron chi connectivity index (χ1n) is 14.0. The SMILES string of the molecule is COc1ccc([C@@]2(CCNC[C@@H]3C(=O)O[C@@H]4C[C@@]5(C)CCCC(C)=C5C[C@@H]34)CCOC(C)(C)C2)cc1. The van der Waals surface area contributed by atoms with E-state index in [-0.39, 0.29) is 34.4 Å². The molecule has 2 saturated heterocycles. The van der Waals surface area contributed by atoms with Crippen molar-refractivity contribution in [1.82, 2.24) is 5.32 Å². The number of nitrogens with one attached hydrogen (secondary N) is 1. The molecule has 3 fully saturated rings. The van der Waals surface area contributed by atoms with Crippen LogP contribution in [0, 0.1) is 17.3 Å². The van der Waals surface area contributed by atoms with Crippen molar-refractivity contribution in [3.8, 4) is 5.75 Å². The van der Waals surface area contributed by atoms with E-state index in [1.807, 2.05) is 0 Å². The zero-order valence-corrected chi connectivity index (χ0v) is 23.0. The quantitative estimate of drug-likeness (QED) is 0.287. The molecule has 5 rings (SSSR count). The van der Waals surface area contributed by atoms with Gasteiger partial charge in [0.1, 0.15) is 11.9 Å². The highest BCUT2D eigenvalue weighted by molar-refractivity contribution is 5.76. The van der Waals surface area contributed by atoms with Crippen LogP contribution in [0.2, 0.25) is 0 Å². The van der Waals surface area contributed by atoms with Gasteiger partial charge in [-0.2, -0.15) is 0 Å². The molecule has 1 N–H and O–H groups in total. The molecule has 1 saturated carbocycles. The van der Waals surface area contributed by atoms with Gasteiger partial charge in [0.25, 0.3) is 0 Å². The van der Waals surface area contributed by atoms with E-state index in [1.165, 1.54) is 24.8 Å². The summed E-state index contributed by atoms with van der Waals surface area (Å²) in [5.74, 6) is 1.18. The van der Waals surface area contributed by atoms with Crippen LogP contribution in [0.15, 0.2) is 35.4 Å². The van der Waals surface area contributed by atoms with Crippen molar-refractivity contribution in [2.75, 3.05) is 26.8 Å². The van der Waals surface area contributed by atoms with Crippen LogP contribution >= 0.6 is 0 Å². The predicted octanol–water partition coefficient (Wildman–Crippen LogP) is 5.96. The third-order valence-corrected chi connectivity index (χ3v) is 9.86. The summed E-state index contributed by atoms with van der Waals surface area (Å²) in [6, 6.07) is 8.58. The molecule has 0 radical (unpaired) electrons. The van der Waals surface area contributed by atoms with Crippen molar-refractivity contribution in [1.29, 1.82) is 0 Å². The Morgan fingerprint density at radius 3 is 2.64 bits per heavy atom. The Morgan fingerprint density at radius 1 is 1.14 bits per heavy atom. The van der Waals surface area contributed by atoms with Crippen LogP contribution in [0.3, 0.4) is 0 Å². The number of fused-ring (bicyclic) bond motifs is 2. The van der Waals surface area contributed by atoms with Gasteiger partial charge in [-0.3, -0.25) is 4.79 Å². The minimum absolute atomic E-state index is 0.00932. The first-order valence-corrected chi connectivity index (χ1v) is 14.0. The van der Waals surface area contributed by atoms with Crippen molar-refractivity contribution in [3.63, 3.8) is 0 Å². The lowest BCUT2D eigenvalue weighted by atomic mass is 9.59. The van der Waals surface area contributed by atoms with Crippen LogP contribution in [-0.4, -0.2) is 44.5 Å². The predicted molar refractivity (Wildman–Crippen MR) is 142 cm³/mol. The number of carbonyl (C=O) groups excluding carboxylic acids is 1. The Labute approximate surface area is 217 Å². The smallest absolute Gasteiger partial charge is 0.310 e. The minimum atomic E-state index is -0.152. The highest BCUT2D eigenvalue weighted by Gasteiger charge is 2.52. The molecule has 2 aliphatic carbocycles. The average Bonchev–Trinajstić information content (AvgIpc) is 3.13. The summed E-state index contributed by atoms with van der Waals surface area (Å²) in [5, 5.41) is 3.69. The van der Waals surface area contributed by atoms with E-state index in [4.69, 9.17) is 14.2 Å². The van der Waals surface area contributed by atoms with Gasteiger partial charge in [-0.1, -0.05) is 30.2 Å². The monoisotopic (exact) mass is 495 g/mol. The molecule has 5 nitrogen and oxygen atoms in total. The van der Waals surface area contributed by atoms with Crippen LogP contribution in [-0.2, 0) is 19.7 Å². The summed E-state index contributed by atoms with van der Waals surface area (Å²) in [7, 11) is 1.71. The van der Waals surface area contributed by atoms with Crippen LogP contribution in [0.25, 0.3) is 0 Å². The number of allylic oxidation sites excluding steroid dienone is 2. The molecule has 1 aromatic carbocycles. The van der Waals surface area contributed by atoms with E-state index in [2.05, 4.69) is 57.3 Å². The number of carbonyl (C=O) groups is 1. The Hall–Kier alpha value is -1.85. The van der Waals surface area contributed by atoms with Gasteiger partial charge in [-0.15, -0.1) is 0 Å². The normalized spacial score (nSPS) is 35.7. The summed E-state index contributed by atoms with van der Waals surface area (Å²) < 4.78 is 17.5. The molecule has 0 amide bonds. The summed E-state index contributed by atoms with van der Waals surface area (Å²) in [6.07, 6.45) is 8.84. The topological polar surface area (TPSA) is 56.8 Å². The summed E-state index contributed by atoms with van der Waals surface area (Å²) in [6.45, 7) is 11.5. The maximum atomic E-state index is 13.0. The minimum Gasteiger partial charge on any atom is -0.497 e. The van der Waals surface area contributed by atoms with Crippen LogP contribution in [0.4, 0.5) is 0 Å². The Kier molecular flexibility index (Phi) is 7.01. The maximum Gasteiger partial charge on any atom is 0.310 e. The van der Waals surface area contributed by atoms with Gasteiger partial charge in [0.05, 0.1) is 18.6 Å². The molecule has 1 aromatic rings. The Morgan fingerprint density at radius 2 is 1.92 bits per heavy atom. The lowest BCUT2D eigenvalue weighted by Crippen LogP contribution is -2.46. The molecule has 2 heterocycles. The fourth-order valence-corrected chi connectivity index (χ4v) is 7.96. The van der Waals surface area contributed by atoms with Gasteiger partial charge in [-0.25, -0.2) is 0 Å². The van der Waals surface area contributed by atoms with Gasteiger partial charge in [-0.05, 0) is 102 Å². The molecule has 198 valence electrons. The third kappa shape index (κ3) is 4.86. The molecular weight excluding hydrogens is 450 g/mol. The highest BCUT2D eigenvalue weighted by Crippen LogP contribution is 2.55. The number of ether oxygens (including phenoxy) is 3. The van der Waals surface area contributed by atoms with Crippen LogP contribution in [0.5, 0.6) is 5.75 Å². The lowest BCUT2D eigenvalue weighted by Gasteiger charge is -2.46. The molecule has 4 aliphatic rings. The van der Waals surface area contributed by atoms with Crippen molar-refractivity contribution in [2.45, 2.75) is 96.2 Å². The molecule has 0 aromatic heterocycles. The van der Waals surface area contributed by atoms with E-state index in [0.29, 0.717) is 12.5 Å². The van der Waals surface area contributed by atoms with Gasteiger partial charge in [0, 0.05) is 24.5 Å². The number of hydrogen-bond donors (Lipinski definition) is 1. The number of hydrogen-bond acceptors (Lipinski definition) is 5. The maximum absolute atomic E-state index is 13.0. The lowest BCUT2D eigenvalue weighted by molar-refractivity contribution is -0.145. The molecule has 5 heteroatoms. The first kappa shape index (κ1) is 25.8. The first-order chi connectivity index (χ1) is 17.1. The zero-order valence-electron chi connectivity index (χ0n) is 23.0. The van der Waals surface area contributed by atoms with Gasteiger partial charge >= 0.3 is 5.97 Å². The number of esters is 1. The van der Waals surface area contributed by atoms with E-state index < -0.39 is 0 Å². The zero-order chi connectivity index (χ0) is 25.6.